The lowest BCUT2D eigenvalue weighted by molar-refractivity contribution is -0.00258. The molecule has 0 aromatic rings. The van der Waals surface area contributed by atoms with E-state index in [0.717, 1.165) is 13.2 Å². The third kappa shape index (κ3) is 4.63. The normalized spacial score (nSPS) is 22.9. The molecule has 1 saturated heterocycles. The molecule has 84 valence electrons. The predicted molar refractivity (Wildman–Crippen MR) is 60.7 cm³/mol. The molecule has 1 unspecified atom stereocenters. The van der Waals surface area contributed by atoms with Crippen molar-refractivity contribution in [3.05, 3.63) is 0 Å². The second-order valence-corrected chi connectivity index (χ2v) is 5.59. The third-order valence-corrected chi connectivity index (χ3v) is 2.65. The Balaban J connectivity index is 2.25. The summed E-state index contributed by atoms with van der Waals surface area (Å²) in [4.78, 5) is 2.38. The standard InChI is InChI=1S/C11H22ClNO/c1-10(2)8-14-11(3,12)9-13-6-4-5-7-13/h10H,4-9H2,1-3H3. The molecule has 2 nitrogen and oxygen atoms in total. The lowest BCUT2D eigenvalue weighted by Gasteiger charge is -2.28. The number of nitrogens with zero attached hydrogens (tertiary/aromatic N) is 1. The Kier molecular flexibility index (Phi) is 4.68. The maximum atomic E-state index is 6.30. The van der Waals surface area contributed by atoms with Crippen molar-refractivity contribution in [2.75, 3.05) is 26.2 Å². The van der Waals surface area contributed by atoms with E-state index in [1.807, 2.05) is 6.92 Å². The number of rotatable bonds is 5. The van der Waals surface area contributed by atoms with Crippen molar-refractivity contribution in [1.82, 2.24) is 4.90 Å². The molecule has 0 radical (unpaired) electrons. The number of likely N-dealkylation sites (tertiary alicyclic amines) is 1. The van der Waals surface area contributed by atoms with Crippen LogP contribution in [-0.4, -0.2) is 36.2 Å². The van der Waals surface area contributed by atoms with Crippen LogP contribution < -0.4 is 0 Å². The molecule has 0 saturated carbocycles. The van der Waals surface area contributed by atoms with Gasteiger partial charge in [0.05, 0.1) is 6.61 Å². The first-order valence-corrected chi connectivity index (χ1v) is 5.92. The van der Waals surface area contributed by atoms with E-state index >= 15 is 0 Å². The van der Waals surface area contributed by atoms with Crippen molar-refractivity contribution in [1.29, 1.82) is 0 Å². The Morgan fingerprint density at radius 3 is 2.43 bits per heavy atom. The van der Waals surface area contributed by atoms with Crippen molar-refractivity contribution in [3.63, 3.8) is 0 Å². The fourth-order valence-electron chi connectivity index (χ4n) is 1.73. The van der Waals surface area contributed by atoms with Gasteiger partial charge in [-0.3, -0.25) is 4.90 Å². The highest BCUT2D eigenvalue weighted by Crippen LogP contribution is 2.21. The lowest BCUT2D eigenvalue weighted by Crippen LogP contribution is -2.38. The molecule has 0 N–H and O–H groups in total. The SMILES string of the molecule is CC(C)COC(C)(Cl)CN1CCCC1. The van der Waals surface area contributed by atoms with Crippen LogP contribution in [0.3, 0.4) is 0 Å². The highest BCUT2D eigenvalue weighted by atomic mass is 35.5. The summed E-state index contributed by atoms with van der Waals surface area (Å²) in [6, 6.07) is 0. The highest BCUT2D eigenvalue weighted by Gasteiger charge is 2.26. The van der Waals surface area contributed by atoms with E-state index in [9.17, 15) is 0 Å². The van der Waals surface area contributed by atoms with Gasteiger partial charge in [0.2, 0.25) is 0 Å². The number of alkyl halides is 1. The zero-order chi connectivity index (χ0) is 10.6. The van der Waals surface area contributed by atoms with Crippen LogP contribution in [0.2, 0.25) is 0 Å². The maximum absolute atomic E-state index is 6.30. The molecule has 1 heterocycles. The van der Waals surface area contributed by atoms with Gasteiger partial charge >= 0.3 is 0 Å². The molecule has 1 aliphatic rings. The van der Waals surface area contributed by atoms with E-state index in [-0.39, 0.29) is 0 Å². The smallest absolute Gasteiger partial charge is 0.151 e. The summed E-state index contributed by atoms with van der Waals surface area (Å²) in [6.07, 6.45) is 2.61. The van der Waals surface area contributed by atoms with Crippen molar-refractivity contribution in [2.24, 2.45) is 5.92 Å². The Hall–Kier alpha value is 0.210. The van der Waals surface area contributed by atoms with Crippen molar-refractivity contribution in [3.8, 4) is 0 Å². The molecule has 0 amide bonds. The topological polar surface area (TPSA) is 12.5 Å². The Bertz CT molecular complexity index is 165. The van der Waals surface area contributed by atoms with Gasteiger partial charge in [0.25, 0.3) is 0 Å². The lowest BCUT2D eigenvalue weighted by atomic mass is 10.2. The van der Waals surface area contributed by atoms with Gasteiger partial charge in [-0.05, 0) is 38.8 Å². The Labute approximate surface area is 92.6 Å². The molecule has 0 spiro atoms. The van der Waals surface area contributed by atoms with Gasteiger partial charge < -0.3 is 4.74 Å². The molecule has 0 aromatic carbocycles. The van der Waals surface area contributed by atoms with E-state index in [2.05, 4.69) is 18.7 Å². The quantitative estimate of drug-likeness (QED) is 0.660. The second-order valence-electron chi connectivity index (χ2n) is 4.79. The minimum atomic E-state index is -0.505. The molecule has 14 heavy (non-hydrogen) atoms. The number of halogens is 1. The zero-order valence-corrected chi connectivity index (χ0v) is 10.3. The van der Waals surface area contributed by atoms with Gasteiger partial charge in [0.1, 0.15) is 0 Å². The molecule has 3 heteroatoms. The summed E-state index contributed by atoms with van der Waals surface area (Å²) >= 11 is 6.30. The first-order chi connectivity index (χ1) is 6.49. The number of ether oxygens (including phenoxy) is 1. The molecular formula is C11H22ClNO. The summed E-state index contributed by atoms with van der Waals surface area (Å²) in [7, 11) is 0. The Morgan fingerprint density at radius 1 is 1.36 bits per heavy atom. The van der Waals surface area contributed by atoms with E-state index < -0.39 is 5.06 Å². The monoisotopic (exact) mass is 219 g/mol. The summed E-state index contributed by atoms with van der Waals surface area (Å²) in [5.41, 5.74) is 0. The minimum Gasteiger partial charge on any atom is -0.358 e. The van der Waals surface area contributed by atoms with E-state index in [4.69, 9.17) is 16.3 Å². The largest absolute Gasteiger partial charge is 0.358 e. The van der Waals surface area contributed by atoms with E-state index in [1.165, 1.54) is 25.9 Å². The van der Waals surface area contributed by atoms with E-state index in [1.54, 1.807) is 0 Å². The van der Waals surface area contributed by atoms with Crippen LogP contribution in [0.25, 0.3) is 0 Å². The van der Waals surface area contributed by atoms with Gasteiger partial charge in [-0.25, -0.2) is 0 Å². The number of hydrogen-bond acceptors (Lipinski definition) is 2. The van der Waals surface area contributed by atoms with Crippen LogP contribution in [0.1, 0.15) is 33.6 Å². The number of hydrogen-bond donors (Lipinski definition) is 0. The summed E-state index contributed by atoms with van der Waals surface area (Å²) < 4.78 is 5.68. The minimum absolute atomic E-state index is 0.505. The predicted octanol–water partition coefficient (Wildman–Crippen LogP) is 2.71. The summed E-state index contributed by atoms with van der Waals surface area (Å²) in [6.45, 7) is 10.2. The second kappa shape index (κ2) is 5.34. The first kappa shape index (κ1) is 12.3. The van der Waals surface area contributed by atoms with E-state index in [0.29, 0.717) is 5.92 Å². The van der Waals surface area contributed by atoms with Gasteiger partial charge in [0.15, 0.2) is 5.06 Å². The highest BCUT2D eigenvalue weighted by molar-refractivity contribution is 6.22. The molecular weight excluding hydrogens is 198 g/mol. The third-order valence-electron chi connectivity index (χ3n) is 2.42. The summed E-state index contributed by atoms with van der Waals surface area (Å²) in [5, 5.41) is -0.505. The van der Waals surface area contributed by atoms with Gasteiger partial charge in [-0.2, -0.15) is 0 Å². The van der Waals surface area contributed by atoms with Crippen LogP contribution in [-0.2, 0) is 4.74 Å². The average molecular weight is 220 g/mol. The fraction of sp³-hybridized carbons (Fsp3) is 1.00. The molecule has 1 atom stereocenters. The van der Waals surface area contributed by atoms with Gasteiger partial charge in [-0.1, -0.05) is 25.4 Å². The molecule has 0 aliphatic carbocycles. The molecule has 1 rings (SSSR count). The van der Waals surface area contributed by atoms with Crippen LogP contribution in [0.4, 0.5) is 0 Å². The molecule has 0 aromatic heterocycles. The van der Waals surface area contributed by atoms with Crippen molar-refractivity contribution >= 4 is 11.6 Å². The van der Waals surface area contributed by atoms with Gasteiger partial charge in [-0.15, -0.1) is 0 Å². The zero-order valence-electron chi connectivity index (χ0n) is 9.55. The average Bonchev–Trinajstić information content (AvgIpc) is 2.53. The van der Waals surface area contributed by atoms with Crippen LogP contribution in [0.5, 0.6) is 0 Å². The van der Waals surface area contributed by atoms with Crippen LogP contribution in [0, 0.1) is 5.92 Å². The van der Waals surface area contributed by atoms with Crippen molar-refractivity contribution in [2.45, 2.75) is 38.7 Å². The molecule has 1 fully saturated rings. The van der Waals surface area contributed by atoms with Crippen LogP contribution >= 0.6 is 11.6 Å². The fourth-order valence-corrected chi connectivity index (χ4v) is 1.96. The molecule has 0 bridgehead atoms. The summed E-state index contributed by atoms with van der Waals surface area (Å²) in [5.74, 6) is 0.548. The molecule has 1 aliphatic heterocycles. The Morgan fingerprint density at radius 2 is 1.93 bits per heavy atom. The van der Waals surface area contributed by atoms with Crippen LogP contribution in [0.15, 0.2) is 0 Å². The first-order valence-electron chi connectivity index (χ1n) is 5.55. The maximum Gasteiger partial charge on any atom is 0.151 e. The van der Waals surface area contributed by atoms with Gasteiger partial charge in [0, 0.05) is 6.54 Å². The van der Waals surface area contributed by atoms with Crippen molar-refractivity contribution < 1.29 is 4.74 Å².